The Balaban J connectivity index is 2.19. The number of hydrogen-bond acceptors (Lipinski definition) is 2. The summed E-state index contributed by atoms with van der Waals surface area (Å²) in [5, 5.41) is 11.9. The molecule has 0 saturated heterocycles. The first-order valence-corrected chi connectivity index (χ1v) is 8.62. The highest BCUT2D eigenvalue weighted by atomic mass is 79.9. The fourth-order valence-electron chi connectivity index (χ4n) is 2.25. The van der Waals surface area contributed by atoms with Crippen molar-refractivity contribution in [2.24, 2.45) is 0 Å². The zero-order chi connectivity index (χ0) is 15.5. The van der Waals surface area contributed by atoms with Crippen LogP contribution in [0.25, 0.3) is 0 Å². The SMILES string of the molecule is CCCCCCCCCCNc1ccc(C#N)c(Br)c1F. The van der Waals surface area contributed by atoms with Crippen LogP contribution in [0.4, 0.5) is 10.1 Å². The van der Waals surface area contributed by atoms with Gasteiger partial charge >= 0.3 is 0 Å². The lowest BCUT2D eigenvalue weighted by Gasteiger charge is -2.09. The van der Waals surface area contributed by atoms with Gasteiger partial charge in [-0.3, -0.25) is 0 Å². The monoisotopic (exact) mass is 354 g/mol. The maximum Gasteiger partial charge on any atom is 0.161 e. The number of benzene rings is 1. The van der Waals surface area contributed by atoms with E-state index in [-0.39, 0.29) is 10.3 Å². The van der Waals surface area contributed by atoms with E-state index in [1.54, 1.807) is 12.1 Å². The van der Waals surface area contributed by atoms with Gasteiger partial charge in [-0.05, 0) is 34.5 Å². The summed E-state index contributed by atoms with van der Waals surface area (Å²) in [7, 11) is 0. The van der Waals surface area contributed by atoms with Gasteiger partial charge in [0.2, 0.25) is 0 Å². The lowest BCUT2D eigenvalue weighted by molar-refractivity contribution is 0.580. The smallest absolute Gasteiger partial charge is 0.161 e. The summed E-state index contributed by atoms with van der Waals surface area (Å²) in [5.41, 5.74) is 0.786. The third kappa shape index (κ3) is 6.48. The fourth-order valence-corrected chi connectivity index (χ4v) is 2.69. The molecule has 0 aromatic heterocycles. The fraction of sp³-hybridized carbons (Fsp3) is 0.588. The topological polar surface area (TPSA) is 35.8 Å². The first-order chi connectivity index (χ1) is 10.2. The van der Waals surface area contributed by atoms with Crippen molar-refractivity contribution in [3.8, 4) is 6.07 Å². The Hall–Kier alpha value is -1.08. The molecule has 0 aliphatic carbocycles. The van der Waals surface area contributed by atoms with Crippen LogP contribution in [-0.4, -0.2) is 6.54 Å². The van der Waals surface area contributed by atoms with Crippen LogP contribution in [0, 0.1) is 17.1 Å². The number of nitrogens with zero attached hydrogens (tertiary/aromatic N) is 1. The number of hydrogen-bond donors (Lipinski definition) is 1. The Morgan fingerprint density at radius 2 is 1.71 bits per heavy atom. The molecule has 0 heterocycles. The summed E-state index contributed by atoms with van der Waals surface area (Å²) in [4.78, 5) is 0. The van der Waals surface area contributed by atoms with Crippen LogP contribution < -0.4 is 5.32 Å². The highest BCUT2D eigenvalue weighted by Crippen LogP contribution is 2.26. The van der Waals surface area contributed by atoms with Crippen LogP contribution in [-0.2, 0) is 0 Å². The number of halogens is 2. The van der Waals surface area contributed by atoms with Gasteiger partial charge in [-0.15, -0.1) is 0 Å². The molecule has 0 saturated carbocycles. The van der Waals surface area contributed by atoms with Crippen LogP contribution in [0.2, 0.25) is 0 Å². The van der Waals surface area contributed by atoms with Crippen LogP contribution in [0.15, 0.2) is 16.6 Å². The van der Waals surface area contributed by atoms with Gasteiger partial charge in [-0.25, -0.2) is 4.39 Å². The summed E-state index contributed by atoms with van der Waals surface area (Å²) >= 11 is 3.12. The van der Waals surface area contributed by atoms with E-state index in [1.807, 2.05) is 6.07 Å². The summed E-state index contributed by atoms with van der Waals surface area (Å²) in [6.45, 7) is 3.00. The molecule has 1 N–H and O–H groups in total. The van der Waals surface area contributed by atoms with E-state index < -0.39 is 0 Å². The second-order valence-electron chi connectivity index (χ2n) is 5.30. The molecular formula is C17H24BrFN2. The Labute approximate surface area is 135 Å². The van der Waals surface area contributed by atoms with Crippen molar-refractivity contribution in [3.05, 3.63) is 28.0 Å². The van der Waals surface area contributed by atoms with Crippen LogP contribution in [0.5, 0.6) is 0 Å². The van der Waals surface area contributed by atoms with Gasteiger partial charge in [0.1, 0.15) is 6.07 Å². The Bertz CT molecular complexity index is 469. The van der Waals surface area contributed by atoms with Gasteiger partial charge in [-0.1, -0.05) is 51.9 Å². The van der Waals surface area contributed by atoms with E-state index in [9.17, 15) is 4.39 Å². The van der Waals surface area contributed by atoms with E-state index >= 15 is 0 Å². The second kappa shape index (κ2) is 10.6. The van der Waals surface area contributed by atoms with Gasteiger partial charge < -0.3 is 5.32 Å². The molecule has 0 spiro atoms. The van der Waals surface area contributed by atoms with Crippen molar-refractivity contribution in [2.75, 3.05) is 11.9 Å². The van der Waals surface area contributed by atoms with Crippen molar-refractivity contribution in [1.82, 2.24) is 0 Å². The highest BCUT2D eigenvalue weighted by molar-refractivity contribution is 9.10. The Morgan fingerprint density at radius 3 is 2.33 bits per heavy atom. The minimum atomic E-state index is -0.381. The van der Waals surface area contributed by atoms with E-state index in [2.05, 4.69) is 28.2 Å². The molecule has 116 valence electrons. The number of anilines is 1. The Morgan fingerprint density at radius 1 is 1.10 bits per heavy atom. The molecule has 0 fully saturated rings. The lowest BCUT2D eigenvalue weighted by atomic mass is 10.1. The van der Waals surface area contributed by atoms with Gasteiger partial charge in [0, 0.05) is 6.54 Å². The molecule has 2 nitrogen and oxygen atoms in total. The van der Waals surface area contributed by atoms with Crippen molar-refractivity contribution < 1.29 is 4.39 Å². The molecule has 0 unspecified atom stereocenters. The van der Waals surface area contributed by atoms with Crippen LogP contribution in [0.3, 0.4) is 0 Å². The number of nitriles is 1. The van der Waals surface area contributed by atoms with E-state index in [0.717, 1.165) is 13.0 Å². The highest BCUT2D eigenvalue weighted by Gasteiger charge is 2.10. The van der Waals surface area contributed by atoms with Crippen molar-refractivity contribution in [1.29, 1.82) is 5.26 Å². The molecule has 21 heavy (non-hydrogen) atoms. The molecule has 1 rings (SSSR count). The van der Waals surface area contributed by atoms with Crippen molar-refractivity contribution >= 4 is 21.6 Å². The molecule has 0 amide bonds. The molecule has 0 atom stereocenters. The average Bonchev–Trinajstić information content (AvgIpc) is 2.50. The third-order valence-corrected chi connectivity index (χ3v) is 4.32. The average molecular weight is 355 g/mol. The van der Waals surface area contributed by atoms with E-state index in [1.165, 1.54) is 44.9 Å². The first kappa shape index (κ1) is 18.0. The van der Waals surface area contributed by atoms with E-state index in [0.29, 0.717) is 11.3 Å². The summed E-state index contributed by atoms with van der Waals surface area (Å²) in [6, 6.07) is 5.21. The van der Waals surface area contributed by atoms with Gasteiger partial charge in [0.25, 0.3) is 0 Å². The molecule has 0 aliphatic rings. The van der Waals surface area contributed by atoms with Crippen molar-refractivity contribution in [3.63, 3.8) is 0 Å². The molecule has 0 aliphatic heterocycles. The maximum absolute atomic E-state index is 13.9. The summed E-state index contributed by atoms with van der Waals surface area (Å²) in [6.07, 6.45) is 10.1. The first-order valence-electron chi connectivity index (χ1n) is 7.82. The number of rotatable bonds is 10. The van der Waals surface area contributed by atoms with Gasteiger partial charge in [0.15, 0.2) is 5.82 Å². The predicted octanol–water partition coefficient (Wildman–Crippen LogP) is 6.01. The molecule has 0 bridgehead atoms. The lowest BCUT2D eigenvalue weighted by Crippen LogP contribution is -2.04. The summed E-state index contributed by atoms with van der Waals surface area (Å²) < 4.78 is 14.2. The Kier molecular flexibility index (Phi) is 9.09. The number of unbranched alkanes of at least 4 members (excludes halogenated alkanes) is 7. The standard InChI is InChI=1S/C17H24BrFN2/c1-2-3-4-5-6-7-8-9-12-21-15-11-10-14(13-20)16(18)17(15)19/h10-11,21H,2-9,12H2,1H3. The largest absolute Gasteiger partial charge is 0.383 e. The zero-order valence-corrected chi connectivity index (χ0v) is 14.3. The summed E-state index contributed by atoms with van der Waals surface area (Å²) in [5.74, 6) is -0.381. The minimum absolute atomic E-state index is 0.242. The molecule has 4 heteroatoms. The van der Waals surface area contributed by atoms with E-state index in [4.69, 9.17) is 5.26 Å². The zero-order valence-electron chi connectivity index (χ0n) is 12.7. The molecular weight excluding hydrogens is 331 g/mol. The molecule has 1 aromatic rings. The quantitative estimate of drug-likeness (QED) is 0.522. The second-order valence-corrected chi connectivity index (χ2v) is 6.10. The third-order valence-electron chi connectivity index (χ3n) is 3.55. The molecule has 1 aromatic carbocycles. The van der Waals surface area contributed by atoms with Crippen LogP contribution >= 0.6 is 15.9 Å². The minimum Gasteiger partial charge on any atom is -0.383 e. The van der Waals surface area contributed by atoms with Crippen molar-refractivity contribution in [2.45, 2.75) is 58.3 Å². The predicted molar refractivity (Wildman–Crippen MR) is 89.9 cm³/mol. The van der Waals surface area contributed by atoms with Gasteiger partial charge in [0.05, 0.1) is 15.7 Å². The number of nitrogens with one attached hydrogen (secondary N) is 1. The van der Waals surface area contributed by atoms with Crippen LogP contribution in [0.1, 0.15) is 63.9 Å². The normalized spacial score (nSPS) is 10.4. The van der Waals surface area contributed by atoms with Gasteiger partial charge in [-0.2, -0.15) is 5.26 Å². The maximum atomic E-state index is 13.9. The molecule has 0 radical (unpaired) electrons.